The van der Waals surface area contributed by atoms with Gasteiger partial charge in [-0.05, 0) is 12.5 Å². The number of hydrogen-bond acceptors (Lipinski definition) is 2. The zero-order valence-corrected chi connectivity index (χ0v) is 6.69. The molecule has 1 saturated carbocycles. The summed E-state index contributed by atoms with van der Waals surface area (Å²) in [6, 6.07) is 0. The molecule has 0 amide bonds. The van der Waals surface area contributed by atoms with E-state index in [2.05, 4.69) is 11.3 Å². The number of allylic oxidation sites excluding steroid dienone is 1. The lowest BCUT2D eigenvalue weighted by Gasteiger charge is -2.04. The van der Waals surface area contributed by atoms with Gasteiger partial charge in [-0.2, -0.15) is 0 Å². The number of carbonyl (C=O) groups excluding carboxylic acids is 1. The molecule has 0 spiro atoms. The molecule has 0 radical (unpaired) electrons. The van der Waals surface area contributed by atoms with Crippen LogP contribution in [0.5, 0.6) is 0 Å². The SMILES string of the molecule is C=C(C)[C@]1(F)C[C@H]1C(=O)OC. The second-order valence-corrected chi connectivity index (χ2v) is 2.92. The summed E-state index contributed by atoms with van der Waals surface area (Å²) in [4.78, 5) is 10.8. The fourth-order valence-corrected chi connectivity index (χ4v) is 1.12. The van der Waals surface area contributed by atoms with Gasteiger partial charge in [-0.3, -0.25) is 4.79 Å². The molecular weight excluding hydrogens is 147 g/mol. The van der Waals surface area contributed by atoms with Crippen molar-refractivity contribution in [3.8, 4) is 0 Å². The number of carbonyl (C=O) groups is 1. The van der Waals surface area contributed by atoms with Crippen LogP contribution in [0.15, 0.2) is 12.2 Å². The van der Waals surface area contributed by atoms with Crippen LogP contribution in [0.2, 0.25) is 0 Å². The number of hydrogen-bond donors (Lipinski definition) is 0. The third kappa shape index (κ3) is 1.15. The van der Waals surface area contributed by atoms with Crippen molar-refractivity contribution in [2.75, 3.05) is 7.11 Å². The highest BCUT2D eigenvalue weighted by Gasteiger charge is 2.61. The van der Waals surface area contributed by atoms with Gasteiger partial charge in [0.1, 0.15) is 5.67 Å². The average molecular weight is 158 g/mol. The number of halogens is 1. The van der Waals surface area contributed by atoms with Crippen LogP contribution in [0.4, 0.5) is 4.39 Å². The highest BCUT2D eigenvalue weighted by molar-refractivity contribution is 5.78. The van der Waals surface area contributed by atoms with Crippen LogP contribution in [0.3, 0.4) is 0 Å². The molecule has 0 unspecified atom stereocenters. The molecule has 2 nitrogen and oxygen atoms in total. The number of esters is 1. The molecule has 2 atom stereocenters. The van der Waals surface area contributed by atoms with Crippen LogP contribution in [0.1, 0.15) is 13.3 Å². The summed E-state index contributed by atoms with van der Waals surface area (Å²) >= 11 is 0. The molecule has 0 heterocycles. The maximum Gasteiger partial charge on any atom is 0.312 e. The van der Waals surface area contributed by atoms with Crippen LogP contribution in [0, 0.1) is 5.92 Å². The Balaban J connectivity index is 2.60. The third-order valence-corrected chi connectivity index (χ3v) is 2.09. The summed E-state index contributed by atoms with van der Waals surface area (Å²) in [5.74, 6) is -1.08. The van der Waals surface area contributed by atoms with Crippen LogP contribution in [-0.4, -0.2) is 18.7 Å². The molecule has 0 saturated heterocycles. The fourth-order valence-electron chi connectivity index (χ4n) is 1.12. The lowest BCUT2D eigenvalue weighted by Crippen LogP contribution is -2.13. The van der Waals surface area contributed by atoms with E-state index in [0.717, 1.165) is 0 Å². The van der Waals surface area contributed by atoms with Gasteiger partial charge in [0, 0.05) is 6.42 Å². The van der Waals surface area contributed by atoms with E-state index in [1.54, 1.807) is 6.92 Å². The Labute approximate surface area is 65.0 Å². The molecule has 0 aromatic heterocycles. The zero-order chi connectivity index (χ0) is 8.65. The van der Waals surface area contributed by atoms with E-state index in [9.17, 15) is 9.18 Å². The lowest BCUT2D eigenvalue weighted by molar-refractivity contribution is -0.143. The first kappa shape index (κ1) is 8.24. The standard InChI is InChI=1S/C8H11FO2/c1-5(2)8(9)4-6(8)7(10)11-3/h6H,1,4H2,2-3H3/t6-,8+/m0/s1. The molecule has 0 aromatic rings. The van der Waals surface area contributed by atoms with Crippen LogP contribution in [-0.2, 0) is 9.53 Å². The molecule has 1 aliphatic carbocycles. The number of alkyl halides is 1. The molecule has 1 rings (SSSR count). The minimum atomic E-state index is -1.48. The first-order chi connectivity index (χ1) is 5.02. The number of rotatable bonds is 2. The molecule has 1 aliphatic rings. The van der Waals surface area contributed by atoms with Gasteiger partial charge in [0.15, 0.2) is 0 Å². The largest absolute Gasteiger partial charge is 0.469 e. The fraction of sp³-hybridized carbons (Fsp3) is 0.625. The molecule has 62 valence electrons. The second-order valence-electron chi connectivity index (χ2n) is 2.92. The van der Waals surface area contributed by atoms with Crippen LogP contribution >= 0.6 is 0 Å². The molecule has 11 heavy (non-hydrogen) atoms. The predicted octanol–water partition coefficient (Wildman–Crippen LogP) is 1.46. The van der Waals surface area contributed by atoms with Crippen molar-refractivity contribution in [1.29, 1.82) is 0 Å². The van der Waals surface area contributed by atoms with Gasteiger partial charge < -0.3 is 4.74 Å². The monoisotopic (exact) mass is 158 g/mol. The third-order valence-electron chi connectivity index (χ3n) is 2.09. The Kier molecular flexibility index (Phi) is 1.74. The van der Waals surface area contributed by atoms with Gasteiger partial charge in [-0.1, -0.05) is 6.58 Å². The Morgan fingerprint density at radius 3 is 2.64 bits per heavy atom. The smallest absolute Gasteiger partial charge is 0.312 e. The Bertz CT molecular complexity index is 212. The summed E-state index contributed by atoms with van der Waals surface area (Å²) in [6.07, 6.45) is 0.231. The van der Waals surface area contributed by atoms with Gasteiger partial charge in [0.2, 0.25) is 0 Å². The first-order valence-corrected chi connectivity index (χ1v) is 3.45. The Morgan fingerprint density at radius 2 is 2.36 bits per heavy atom. The molecular formula is C8H11FO2. The highest BCUT2D eigenvalue weighted by Crippen LogP contribution is 2.52. The summed E-state index contributed by atoms with van der Waals surface area (Å²) in [5, 5.41) is 0. The Morgan fingerprint density at radius 1 is 1.82 bits per heavy atom. The summed E-state index contributed by atoms with van der Waals surface area (Å²) in [7, 11) is 1.26. The van der Waals surface area contributed by atoms with Crippen LogP contribution < -0.4 is 0 Å². The molecule has 3 heteroatoms. The number of ether oxygens (including phenoxy) is 1. The highest BCUT2D eigenvalue weighted by atomic mass is 19.1. The Hall–Kier alpha value is -0.860. The molecule has 0 aliphatic heterocycles. The van der Waals surface area contributed by atoms with Gasteiger partial charge in [0.25, 0.3) is 0 Å². The van der Waals surface area contributed by atoms with Crippen molar-refractivity contribution in [2.24, 2.45) is 5.92 Å². The summed E-state index contributed by atoms with van der Waals surface area (Å²) < 4.78 is 17.7. The lowest BCUT2D eigenvalue weighted by atomic mass is 10.1. The van der Waals surface area contributed by atoms with Crippen molar-refractivity contribution in [3.05, 3.63) is 12.2 Å². The molecule has 0 aromatic carbocycles. The first-order valence-electron chi connectivity index (χ1n) is 3.45. The van der Waals surface area contributed by atoms with E-state index in [1.807, 2.05) is 0 Å². The van der Waals surface area contributed by atoms with Gasteiger partial charge >= 0.3 is 5.97 Å². The van der Waals surface area contributed by atoms with E-state index in [-0.39, 0.29) is 6.42 Å². The normalized spacial score (nSPS) is 34.6. The zero-order valence-electron chi connectivity index (χ0n) is 6.69. The van der Waals surface area contributed by atoms with Crippen molar-refractivity contribution >= 4 is 5.97 Å². The maximum atomic E-state index is 13.3. The predicted molar refractivity (Wildman–Crippen MR) is 38.8 cm³/mol. The van der Waals surface area contributed by atoms with Gasteiger partial charge in [0.05, 0.1) is 13.0 Å². The van der Waals surface area contributed by atoms with Crippen molar-refractivity contribution in [3.63, 3.8) is 0 Å². The second kappa shape index (κ2) is 2.32. The van der Waals surface area contributed by atoms with Crippen molar-refractivity contribution in [2.45, 2.75) is 19.0 Å². The summed E-state index contributed by atoms with van der Waals surface area (Å²) in [5.41, 5.74) is -1.07. The maximum absolute atomic E-state index is 13.3. The molecule has 0 bridgehead atoms. The molecule has 1 fully saturated rings. The van der Waals surface area contributed by atoms with Crippen LogP contribution in [0.25, 0.3) is 0 Å². The van der Waals surface area contributed by atoms with Crippen molar-refractivity contribution in [1.82, 2.24) is 0 Å². The topological polar surface area (TPSA) is 26.3 Å². The van der Waals surface area contributed by atoms with E-state index >= 15 is 0 Å². The minimum Gasteiger partial charge on any atom is -0.469 e. The van der Waals surface area contributed by atoms with Gasteiger partial charge in [-0.15, -0.1) is 0 Å². The quantitative estimate of drug-likeness (QED) is 0.449. The average Bonchev–Trinajstić information content (AvgIpc) is 2.63. The molecule has 0 N–H and O–H groups in total. The van der Waals surface area contributed by atoms with Crippen molar-refractivity contribution < 1.29 is 13.9 Å². The van der Waals surface area contributed by atoms with E-state index in [1.165, 1.54) is 7.11 Å². The number of methoxy groups -OCH3 is 1. The van der Waals surface area contributed by atoms with E-state index in [4.69, 9.17) is 0 Å². The minimum absolute atomic E-state index is 0.231. The van der Waals surface area contributed by atoms with E-state index < -0.39 is 17.6 Å². The van der Waals surface area contributed by atoms with Gasteiger partial charge in [-0.25, -0.2) is 4.39 Å². The summed E-state index contributed by atoms with van der Waals surface area (Å²) in [6.45, 7) is 5.06. The van der Waals surface area contributed by atoms with E-state index in [0.29, 0.717) is 5.57 Å².